The van der Waals surface area contributed by atoms with Crippen LogP contribution in [-0.4, -0.2) is 20.1 Å². The molecule has 11 heavy (non-hydrogen) atoms. The van der Waals surface area contributed by atoms with Crippen LogP contribution in [0.15, 0.2) is 36.7 Å². The predicted octanol–water partition coefficient (Wildman–Crippen LogP) is 1.47. The van der Waals surface area contributed by atoms with Gasteiger partial charge in [-0.05, 0) is 12.1 Å². The first-order valence-electron chi connectivity index (χ1n) is 3.12. The van der Waals surface area contributed by atoms with Crippen LogP contribution in [0.2, 0.25) is 0 Å². The van der Waals surface area contributed by atoms with Crippen molar-refractivity contribution in [3.8, 4) is 0 Å². The van der Waals surface area contributed by atoms with Crippen LogP contribution in [-0.2, 0) is 0 Å². The zero-order valence-electron chi connectivity index (χ0n) is 8.07. The Labute approximate surface area is 71.5 Å². The summed E-state index contributed by atoms with van der Waals surface area (Å²) < 4.78 is 0. The molecule has 0 aliphatic heterocycles. The molecule has 0 spiro atoms. The van der Waals surface area contributed by atoms with Gasteiger partial charge in [0.15, 0.2) is 0 Å². The number of rotatable bonds is 0. The summed E-state index contributed by atoms with van der Waals surface area (Å²) in [5, 5.41) is 0. The summed E-state index contributed by atoms with van der Waals surface area (Å²) in [6.45, 7) is 0. The van der Waals surface area contributed by atoms with Gasteiger partial charge in [0.25, 0.3) is 0 Å². The topological polar surface area (TPSA) is 25.8 Å². The van der Waals surface area contributed by atoms with Crippen molar-refractivity contribution in [1.82, 2.24) is 9.97 Å². The Balaban J connectivity index is 0. The van der Waals surface area contributed by atoms with Crippen molar-refractivity contribution in [3.05, 3.63) is 36.7 Å². The fraction of sp³-hybridized carbons (Fsp3) is 0. The Hall–Kier alpha value is -1.27. The Bertz CT molecular complexity index is 291. The van der Waals surface area contributed by atoms with Crippen LogP contribution in [0.3, 0.4) is 0 Å². The van der Waals surface area contributed by atoms with E-state index in [1.165, 1.54) is 0 Å². The van der Waals surface area contributed by atoms with Crippen molar-refractivity contribution < 1.29 is 2.85 Å². The molecule has 0 amide bonds. The molecule has 1 aromatic heterocycles. The van der Waals surface area contributed by atoms with Gasteiger partial charge in [-0.25, -0.2) is 0 Å². The first-order chi connectivity index (χ1) is 4.97. The third kappa shape index (κ3) is 1.41. The molecule has 2 nitrogen and oxygen atoms in total. The third-order valence-corrected chi connectivity index (χ3v) is 1.38. The summed E-state index contributed by atoms with van der Waals surface area (Å²) in [6, 6.07) is 7.80. The summed E-state index contributed by atoms with van der Waals surface area (Å²) in [5.41, 5.74) is 1.90. The molecule has 2 aromatic rings. The molecule has 0 bridgehead atoms. The molecule has 2 rings (SSSR count). The van der Waals surface area contributed by atoms with E-state index < -0.39 is 0 Å². The molecule has 0 aliphatic rings. The summed E-state index contributed by atoms with van der Waals surface area (Å²) in [4.78, 5) is 8.24. The van der Waals surface area contributed by atoms with E-state index in [9.17, 15) is 0 Å². The molecule has 0 saturated heterocycles. The van der Waals surface area contributed by atoms with E-state index >= 15 is 0 Å². The molecular formula is C8H8BeN2. The minimum Gasteiger partial charge on any atom is -1.00 e. The van der Waals surface area contributed by atoms with Gasteiger partial charge in [0, 0.05) is 12.4 Å². The molecule has 0 atom stereocenters. The smallest absolute Gasteiger partial charge is 1.00 e. The maximum atomic E-state index is 4.12. The monoisotopic (exact) mass is 141 g/mol. The quantitative estimate of drug-likeness (QED) is 0.519. The maximum absolute atomic E-state index is 4.12. The molecule has 0 radical (unpaired) electrons. The average molecular weight is 141 g/mol. The van der Waals surface area contributed by atoms with Crippen molar-refractivity contribution in [2.24, 2.45) is 0 Å². The van der Waals surface area contributed by atoms with E-state index in [2.05, 4.69) is 9.97 Å². The number of benzene rings is 1. The molecule has 0 unspecified atom stereocenters. The van der Waals surface area contributed by atoms with Gasteiger partial charge in [-0.15, -0.1) is 0 Å². The Morgan fingerprint density at radius 1 is 0.909 bits per heavy atom. The summed E-state index contributed by atoms with van der Waals surface area (Å²) in [7, 11) is 0. The van der Waals surface area contributed by atoms with Gasteiger partial charge in [0.2, 0.25) is 0 Å². The van der Waals surface area contributed by atoms with Crippen molar-refractivity contribution in [1.29, 1.82) is 0 Å². The van der Waals surface area contributed by atoms with Gasteiger partial charge < -0.3 is 2.85 Å². The van der Waals surface area contributed by atoms with Gasteiger partial charge in [0.1, 0.15) is 0 Å². The van der Waals surface area contributed by atoms with E-state index in [0.717, 1.165) is 11.0 Å². The van der Waals surface area contributed by atoms with Gasteiger partial charge in [-0.2, -0.15) is 0 Å². The minimum absolute atomic E-state index is 0. The number of aromatic nitrogens is 2. The second kappa shape index (κ2) is 3.22. The largest absolute Gasteiger partial charge is 2.00 e. The molecule has 52 valence electrons. The standard InChI is InChI=1S/C8H6N2.Be.2H/c1-2-4-8-7(3-1)9-5-6-10-8;;;/h1-6H;;;/q;+2;2*-1. The van der Waals surface area contributed by atoms with Crippen LogP contribution in [0, 0.1) is 0 Å². The van der Waals surface area contributed by atoms with E-state index in [-0.39, 0.29) is 13.0 Å². The number of hydrogen-bond donors (Lipinski definition) is 0. The molecule has 0 saturated carbocycles. The Kier molecular flexibility index (Phi) is 2.29. The van der Waals surface area contributed by atoms with Gasteiger partial charge in [-0.1, -0.05) is 12.1 Å². The van der Waals surface area contributed by atoms with E-state index in [1.54, 1.807) is 12.4 Å². The van der Waals surface area contributed by atoms with Gasteiger partial charge in [0.05, 0.1) is 11.0 Å². The summed E-state index contributed by atoms with van der Waals surface area (Å²) in [6.07, 6.45) is 3.39. The number of hydrogen-bond acceptors (Lipinski definition) is 2. The molecule has 0 aliphatic carbocycles. The van der Waals surface area contributed by atoms with Gasteiger partial charge in [-0.3, -0.25) is 9.97 Å². The number of fused-ring (bicyclic) bond motifs is 1. The number of para-hydroxylation sites is 2. The second-order valence-corrected chi connectivity index (χ2v) is 2.05. The maximum Gasteiger partial charge on any atom is 2.00 e. The normalized spacial score (nSPS) is 9.09. The van der Waals surface area contributed by atoms with Crippen LogP contribution in [0.5, 0.6) is 0 Å². The minimum atomic E-state index is 0. The zero-order chi connectivity index (χ0) is 6.81. The van der Waals surface area contributed by atoms with Crippen LogP contribution in [0.25, 0.3) is 11.0 Å². The van der Waals surface area contributed by atoms with Crippen molar-refractivity contribution in [2.75, 3.05) is 0 Å². The summed E-state index contributed by atoms with van der Waals surface area (Å²) in [5.74, 6) is 0. The molecule has 1 aromatic carbocycles. The second-order valence-electron chi connectivity index (χ2n) is 2.05. The van der Waals surface area contributed by atoms with E-state index in [0.29, 0.717) is 0 Å². The number of nitrogens with zero attached hydrogens (tertiary/aromatic N) is 2. The molecular weight excluding hydrogens is 133 g/mol. The molecule has 0 N–H and O–H groups in total. The van der Waals surface area contributed by atoms with E-state index in [1.807, 2.05) is 24.3 Å². The van der Waals surface area contributed by atoms with Crippen molar-refractivity contribution >= 4 is 21.2 Å². The summed E-state index contributed by atoms with van der Waals surface area (Å²) >= 11 is 0. The molecule has 0 fully saturated rings. The van der Waals surface area contributed by atoms with Crippen LogP contribution >= 0.6 is 0 Å². The first-order valence-corrected chi connectivity index (χ1v) is 3.12. The SMILES string of the molecule is [Be+2].[H-].[H-].c1ccc2nccnc2c1. The predicted molar refractivity (Wildman–Crippen MR) is 47.5 cm³/mol. The zero-order valence-corrected chi connectivity index (χ0v) is 6.07. The van der Waals surface area contributed by atoms with E-state index in [4.69, 9.17) is 0 Å². The first kappa shape index (κ1) is 7.83. The Morgan fingerprint density at radius 3 is 1.82 bits per heavy atom. The fourth-order valence-electron chi connectivity index (χ4n) is 0.910. The fourth-order valence-corrected chi connectivity index (χ4v) is 0.910. The third-order valence-electron chi connectivity index (χ3n) is 1.38. The van der Waals surface area contributed by atoms with Gasteiger partial charge >= 0.3 is 10.1 Å². The van der Waals surface area contributed by atoms with Crippen molar-refractivity contribution in [3.63, 3.8) is 0 Å². The Morgan fingerprint density at radius 2 is 1.36 bits per heavy atom. The average Bonchev–Trinajstić information content (AvgIpc) is 2.05. The molecule has 1 heterocycles. The van der Waals surface area contributed by atoms with Crippen LogP contribution < -0.4 is 0 Å². The van der Waals surface area contributed by atoms with Crippen molar-refractivity contribution in [2.45, 2.75) is 0 Å². The van der Waals surface area contributed by atoms with Crippen LogP contribution in [0.1, 0.15) is 2.85 Å². The van der Waals surface area contributed by atoms with Crippen LogP contribution in [0.4, 0.5) is 0 Å². The molecule has 3 heteroatoms.